The highest BCUT2D eigenvalue weighted by Crippen LogP contribution is 2.31. The number of aliphatic hydroxyl groups excluding tert-OH is 6. The van der Waals surface area contributed by atoms with Crippen LogP contribution in [0.25, 0.3) is 11.1 Å². The molecule has 0 aromatic heterocycles. The first-order valence-corrected chi connectivity index (χ1v) is 21.1. The van der Waals surface area contributed by atoms with E-state index in [1.54, 1.807) is 29.2 Å². The summed E-state index contributed by atoms with van der Waals surface area (Å²) in [6, 6.07) is 34.5. The number of benzene rings is 4. The molecular formula is C48H61NO12. The number of nitrogens with zero attached hydrogens (tertiary/aromatic N) is 1. The molecule has 4 aromatic rings. The van der Waals surface area contributed by atoms with Gasteiger partial charge >= 0.3 is 5.97 Å². The fourth-order valence-electron chi connectivity index (χ4n) is 7.58. The average molecular weight is 844 g/mol. The predicted octanol–water partition coefficient (Wildman–Crippen LogP) is 4.26. The Balaban J connectivity index is 1.10. The second-order valence-corrected chi connectivity index (χ2v) is 16.9. The zero-order chi connectivity index (χ0) is 43.5. The summed E-state index contributed by atoms with van der Waals surface area (Å²) >= 11 is 0. The first-order valence-electron chi connectivity index (χ1n) is 21.1. The number of rotatable bonds is 18. The number of ether oxygens (including phenoxy) is 5. The van der Waals surface area contributed by atoms with Gasteiger partial charge in [0.1, 0.15) is 42.2 Å². The zero-order valence-corrected chi connectivity index (χ0v) is 35.1. The standard InChI is InChI=1S/C48H61NO12/c1-48(2,3)61-41(54)16-10-11-31-17-21-33(22-18-31)34-23-19-32(20-24-34)25-26-49(27-37(50)42(55)44-39(52)29-57-46(59-44)35-12-6-4-7-13-35)28-38(51)43(56)45-40(53)30-58-47(60-45)36-14-8-5-9-15-36/h4-9,12-15,17-24,37-40,42-47,50-53,55-56H,10-11,16,25-30H2,1-3H3/t37-,38-,39+,40+,42+,43+,44+,45+,46?,47?/m0/s1. The van der Waals surface area contributed by atoms with E-state index >= 15 is 0 Å². The third kappa shape index (κ3) is 13.5. The number of aryl methyl sites for hydroxylation is 1. The van der Waals surface area contributed by atoms with Crippen molar-refractivity contribution in [2.75, 3.05) is 32.8 Å². The maximum Gasteiger partial charge on any atom is 0.306 e. The third-order valence-electron chi connectivity index (χ3n) is 10.9. The Morgan fingerprint density at radius 1 is 0.656 bits per heavy atom. The molecule has 0 saturated carbocycles. The Morgan fingerprint density at radius 2 is 1.08 bits per heavy atom. The topological polar surface area (TPSA) is 188 Å². The summed E-state index contributed by atoms with van der Waals surface area (Å²) in [6.07, 6.45) is -10.1. The van der Waals surface area contributed by atoms with Crippen molar-refractivity contribution in [2.24, 2.45) is 0 Å². The second-order valence-electron chi connectivity index (χ2n) is 16.9. The second kappa shape index (κ2) is 21.8. The third-order valence-corrected chi connectivity index (χ3v) is 10.9. The van der Waals surface area contributed by atoms with Gasteiger partial charge in [-0.15, -0.1) is 0 Å². The van der Waals surface area contributed by atoms with Crippen LogP contribution in [0.15, 0.2) is 109 Å². The summed E-state index contributed by atoms with van der Waals surface area (Å²) in [5.41, 5.74) is 5.06. The lowest BCUT2D eigenvalue weighted by Crippen LogP contribution is -2.56. The van der Waals surface area contributed by atoms with Crippen LogP contribution in [0.5, 0.6) is 0 Å². The van der Waals surface area contributed by atoms with E-state index in [1.165, 1.54) is 0 Å². The Bertz CT molecular complexity index is 1830. The fourth-order valence-corrected chi connectivity index (χ4v) is 7.58. The average Bonchev–Trinajstić information content (AvgIpc) is 3.25. The van der Waals surface area contributed by atoms with E-state index in [1.807, 2.05) is 81.4 Å². The molecule has 13 nitrogen and oxygen atoms in total. The number of hydrogen-bond donors (Lipinski definition) is 6. The Hall–Kier alpha value is -4.09. The summed E-state index contributed by atoms with van der Waals surface area (Å²) in [5, 5.41) is 67.1. The summed E-state index contributed by atoms with van der Waals surface area (Å²) in [4.78, 5) is 13.8. The molecule has 2 unspecified atom stereocenters. The van der Waals surface area contributed by atoms with Crippen LogP contribution < -0.4 is 0 Å². The Morgan fingerprint density at radius 3 is 1.51 bits per heavy atom. The van der Waals surface area contributed by atoms with Gasteiger partial charge in [-0.25, -0.2) is 0 Å². The van der Waals surface area contributed by atoms with Gasteiger partial charge in [0.05, 0.1) is 25.4 Å². The Kier molecular flexibility index (Phi) is 16.6. The van der Waals surface area contributed by atoms with Gasteiger partial charge in [0, 0.05) is 37.2 Å². The van der Waals surface area contributed by atoms with Crippen molar-refractivity contribution in [1.29, 1.82) is 0 Å². The minimum Gasteiger partial charge on any atom is -0.460 e. The number of carbonyl (C=O) groups excluding carboxylic acids is 1. The summed E-state index contributed by atoms with van der Waals surface area (Å²) in [5.74, 6) is -0.196. The maximum atomic E-state index is 12.1. The normalized spacial score (nSPS) is 24.2. The number of carbonyl (C=O) groups is 1. The van der Waals surface area contributed by atoms with Crippen LogP contribution in [-0.2, 0) is 41.3 Å². The lowest BCUT2D eigenvalue weighted by molar-refractivity contribution is -0.285. The van der Waals surface area contributed by atoms with Gasteiger partial charge in [-0.3, -0.25) is 9.69 Å². The van der Waals surface area contributed by atoms with E-state index in [0.717, 1.165) is 28.7 Å². The highest BCUT2D eigenvalue weighted by atomic mass is 16.7. The minimum absolute atomic E-state index is 0.115. The maximum absolute atomic E-state index is 12.1. The van der Waals surface area contributed by atoms with Gasteiger partial charge in [-0.2, -0.15) is 0 Å². The lowest BCUT2D eigenvalue weighted by atomic mass is 9.98. The van der Waals surface area contributed by atoms with Crippen LogP contribution in [0.2, 0.25) is 0 Å². The van der Waals surface area contributed by atoms with Crippen molar-refractivity contribution in [3.05, 3.63) is 131 Å². The molecule has 0 radical (unpaired) electrons. The smallest absolute Gasteiger partial charge is 0.306 e. The molecule has 0 spiro atoms. The van der Waals surface area contributed by atoms with Gasteiger partial charge in [-0.05, 0) is 62.3 Å². The van der Waals surface area contributed by atoms with Crippen LogP contribution in [-0.4, -0.2) is 129 Å². The number of hydrogen-bond acceptors (Lipinski definition) is 13. The van der Waals surface area contributed by atoms with E-state index in [0.29, 0.717) is 36.9 Å². The molecule has 2 heterocycles. The molecular weight excluding hydrogens is 783 g/mol. The number of esters is 1. The van der Waals surface area contributed by atoms with E-state index in [4.69, 9.17) is 23.7 Å². The highest BCUT2D eigenvalue weighted by Gasteiger charge is 2.42. The monoisotopic (exact) mass is 843 g/mol. The Labute approximate surface area is 358 Å². The van der Waals surface area contributed by atoms with Crippen LogP contribution in [0.1, 0.15) is 68.4 Å². The largest absolute Gasteiger partial charge is 0.460 e. The van der Waals surface area contributed by atoms with Gasteiger partial charge in [-0.1, -0.05) is 109 Å². The molecule has 13 heteroatoms. The van der Waals surface area contributed by atoms with Gasteiger partial charge in [0.2, 0.25) is 0 Å². The van der Waals surface area contributed by atoms with Crippen LogP contribution in [0, 0.1) is 0 Å². The van der Waals surface area contributed by atoms with Crippen LogP contribution in [0.3, 0.4) is 0 Å². The lowest BCUT2D eigenvalue weighted by Gasteiger charge is -2.40. The highest BCUT2D eigenvalue weighted by molar-refractivity contribution is 5.69. The molecule has 2 fully saturated rings. The first-order chi connectivity index (χ1) is 29.2. The summed E-state index contributed by atoms with van der Waals surface area (Å²) < 4.78 is 28.7. The summed E-state index contributed by atoms with van der Waals surface area (Å²) in [7, 11) is 0. The molecule has 10 atom stereocenters. The van der Waals surface area contributed by atoms with Gasteiger partial charge in [0.15, 0.2) is 12.6 Å². The molecule has 2 saturated heterocycles. The predicted molar refractivity (Wildman–Crippen MR) is 227 cm³/mol. The minimum atomic E-state index is -1.53. The fraction of sp³-hybridized carbons (Fsp3) is 0.479. The molecule has 6 N–H and O–H groups in total. The molecule has 330 valence electrons. The van der Waals surface area contributed by atoms with Crippen molar-refractivity contribution in [3.63, 3.8) is 0 Å². The van der Waals surface area contributed by atoms with Crippen LogP contribution >= 0.6 is 0 Å². The summed E-state index contributed by atoms with van der Waals surface area (Å²) in [6.45, 7) is 5.35. The molecule has 2 aliphatic heterocycles. The molecule has 4 aromatic carbocycles. The quantitative estimate of drug-likeness (QED) is 0.0782. The van der Waals surface area contributed by atoms with E-state index in [-0.39, 0.29) is 32.3 Å². The van der Waals surface area contributed by atoms with Crippen molar-refractivity contribution < 1.29 is 59.1 Å². The van der Waals surface area contributed by atoms with Crippen LogP contribution in [0.4, 0.5) is 0 Å². The van der Waals surface area contributed by atoms with Crippen molar-refractivity contribution in [2.45, 2.75) is 113 Å². The molecule has 2 aliphatic rings. The molecule has 0 aliphatic carbocycles. The number of aliphatic hydroxyl groups is 6. The van der Waals surface area contributed by atoms with E-state index in [9.17, 15) is 35.4 Å². The van der Waals surface area contributed by atoms with E-state index < -0.39 is 67.0 Å². The van der Waals surface area contributed by atoms with Crippen molar-refractivity contribution >= 4 is 5.97 Å². The van der Waals surface area contributed by atoms with Crippen molar-refractivity contribution in [3.8, 4) is 11.1 Å². The molecule has 0 bridgehead atoms. The van der Waals surface area contributed by atoms with Gasteiger partial charge < -0.3 is 54.3 Å². The van der Waals surface area contributed by atoms with Crippen molar-refractivity contribution in [1.82, 2.24) is 4.90 Å². The SMILES string of the molecule is CC(C)(C)OC(=O)CCCc1ccc(-c2ccc(CCN(C[C@H](O)[C@@H](O)[C@@H]3OC(c4ccccc4)OC[C@H]3O)C[C@H](O)[C@@H](O)[C@@H]3OC(c4ccccc4)OC[C@H]3O)cc2)cc1. The molecule has 6 rings (SSSR count). The molecule has 61 heavy (non-hydrogen) atoms. The van der Waals surface area contributed by atoms with E-state index in [2.05, 4.69) is 24.3 Å². The molecule has 0 amide bonds. The first kappa shape index (κ1) is 46.4. The zero-order valence-electron chi connectivity index (χ0n) is 35.1. The van der Waals surface area contributed by atoms with Gasteiger partial charge in [0.25, 0.3) is 0 Å².